The summed E-state index contributed by atoms with van der Waals surface area (Å²) in [5, 5.41) is 8.90. The number of halogens is 5. The largest absolute Gasteiger partial charge is 0.434 e. The van der Waals surface area contributed by atoms with Gasteiger partial charge in [0.1, 0.15) is 11.8 Å². The van der Waals surface area contributed by atoms with Gasteiger partial charge in [-0.2, -0.15) is 18.4 Å². The second-order valence-electron chi connectivity index (χ2n) is 4.62. The van der Waals surface area contributed by atoms with E-state index in [1.54, 1.807) is 13.8 Å². The molecule has 1 aromatic heterocycles. The Morgan fingerprint density at radius 1 is 1.30 bits per heavy atom. The third-order valence-corrected chi connectivity index (χ3v) is 2.57. The number of nitriles is 1. The van der Waals surface area contributed by atoms with Crippen LogP contribution in [0.3, 0.4) is 0 Å². The van der Waals surface area contributed by atoms with Crippen LogP contribution in [0.4, 0.5) is 27.6 Å². The quantitative estimate of drug-likeness (QED) is 0.864. The van der Waals surface area contributed by atoms with Crippen molar-refractivity contribution in [1.29, 1.82) is 5.26 Å². The van der Waals surface area contributed by atoms with E-state index in [9.17, 15) is 22.0 Å². The zero-order valence-electron chi connectivity index (χ0n) is 10.7. The average Bonchev–Trinajstić information content (AvgIpc) is 2.28. The second kappa shape index (κ2) is 5.61. The number of nitrogens with two attached hydrogens (primary N) is 1. The van der Waals surface area contributed by atoms with Crippen LogP contribution in [0.5, 0.6) is 0 Å². The third kappa shape index (κ3) is 3.15. The molecule has 3 nitrogen and oxygen atoms in total. The Hall–Kier alpha value is -1.91. The van der Waals surface area contributed by atoms with E-state index in [1.165, 1.54) is 6.07 Å². The first kappa shape index (κ1) is 16.1. The molecule has 0 aliphatic carbocycles. The summed E-state index contributed by atoms with van der Waals surface area (Å²) in [6.45, 7) is 3.35. The monoisotopic (exact) mass is 293 g/mol. The molecule has 0 atom stereocenters. The number of anilines is 1. The first-order valence-corrected chi connectivity index (χ1v) is 5.67. The summed E-state index contributed by atoms with van der Waals surface area (Å²) in [7, 11) is 0. The Morgan fingerprint density at radius 2 is 1.85 bits per heavy atom. The topological polar surface area (TPSA) is 62.7 Å². The van der Waals surface area contributed by atoms with Crippen molar-refractivity contribution >= 4 is 5.69 Å². The first-order valence-electron chi connectivity index (χ1n) is 5.67. The number of rotatable bonds is 3. The molecule has 110 valence electrons. The number of aromatic nitrogens is 1. The number of pyridine rings is 1. The summed E-state index contributed by atoms with van der Waals surface area (Å²) in [4.78, 5) is 2.86. The molecule has 2 N–H and O–H groups in total. The molecule has 0 spiro atoms. The van der Waals surface area contributed by atoms with Gasteiger partial charge in [-0.05, 0) is 17.9 Å². The summed E-state index contributed by atoms with van der Waals surface area (Å²) in [6, 6.07) is 1.38. The fraction of sp³-hybridized carbons (Fsp3) is 0.500. The van der Waals surface area contributed by atoms with E-state index < -0.39 is 35.2 Å². The summed E-state index contributed by atoms with van der Waals surface area (Å²) in [6.07, 6.45) is -8.25. The van der Waals surface area contributed by atoms with Crippen molar-refractivity contribution in [2.75, 3.05) is 5.73 Å². The minimum absolute atomic E-state index is 0.0138. The number of nitrogens with zero attached hydrogens (tertiary/aromatic N) is 2. The van der Waals surface area contributed by atoms with Gasteiger partial charge in [-0.25, -0.2) is 13.8 Å². The van der Waals surface area contributed by atoms with E-state index in [2.05, 4.69) is 4.98 Å². The smallest absolute Gasteiger partial charge is 0.397 e. The van der Waals surface area contributed by atoms with Crippen LogP contribution in [0, 0.1) is 17.2 Å². The van der Waals surface area contributed by atoms with E-state index in [0.29, 0.717) is 0 Å². The third-order valence-electron chi connectivity index (χ3n) is 2.57. The van der Waals surface area contributed by atoms with E-state index in [4.69, 9.17) is 11.0 Å². The molecule has 20 heavy (non-hydrogen) atoms. The lowest BCUT2D eigenvalue weighted by Crippen LogP contribution is -2.18. The molecule has 1 heterocycles. The number of hydrogen-bond donors (Lipinski definition) is 1. The minimum atomic E-state index is -4.99. The SMILES string of the molecule is CC(C)Cc1c(N)c(C(F)F)nc(C(F)(F)F)c1C#N. The van der Waals surface area contributed by atoms with Crippen LogP contribution in [-0.2, 0) is 12.6 Å². The van der Waals surface area contributed by atoms with Crippen molar-refractivity contribution in [3.8, 4) is 6.07 Å². The standard InChI is InChI=1S/C12H12F5N3/c1-5(2)3-6-7(4-18)10(12(15,16)17)20-9(8(6)19)11(13)14/h5,11H,3,19H2,1-2H3. The Balaban J connectivity index is 3.71. The molecule has 0 radical (unpaired) electrons. The number of nitrogen functional groups attached to an aromatic ring is 1. The normalized spacial score (nSPS) is 12.0. The second-order valence-corrected chi connectivity index (χ2v) is 4.62. The van der Waals surface area contributed by atoms with E-state index in [0.717, 1.165) is 0 Å². The van der Waals surface area contributed by atoms with Crippen LogP contribution >= 0.6 is 0 Å². The summed E-state index contributed by atoms with van der Waals surface area (Å²) < 4.78 is 64.0. The molecular formula is C12H12F5N3. The number of alkyl halides is 5. The lowest BCUT2D eigenvalue weighted by molar-refractivity contribution is -0.141. The molecule has 8 heteroatoms. The fourth-order valence-corrected chi connectivity index (χ4v) is 1.78. The Morgan fingerprint density at radius 3 is 2.20 bits per heavy atom. The highest BCUT2D eigenvalue weighted by atomic mass is 19.4. The molecule has 0 aliphatic rings. The Labute approximate surface area is 112 Å². The first-order chi connectivity index (χ1) is 9.09. The fourth-order valence-electron chi connectivity index (χ4n) is 1.78. The molecule has 0 fully saturated rings. The summed E-state index contributed by atoms with van der Waals surface area (Å²) in [5.41, 5.74) is 1.17. The predicted octanol–water partition coefficient (Wildman–Crippen LogP) is 3.69. The maximum atomic E-state index is 12.8. The van der Waals surface area contributed by atoms with Gasteiger partial charge < -0.3 is 5.73 Å². The van der Waals surface area contributed by atoms with Crippen LogP contribution in [0.25, 0.3) is 0 Å². The molecule has 0 unspecified atom stereocenters. The van der Waals surface area contributed by atoms with Gasteiger partial charge in [0, 0.05) is 0 Å². The van der Waals surface area contributed by atoms with Crippen molar-refractivity contribution in [1.82, 2.24) is 4.98 Å². The molecule has 0 aromatic carbocycles. The zero-order chi connectivity index (χ0) is 15.7. The highest BCUT2D eigenvalue weighted by Gasteiger charge is 2.39. The van der Waals surface area contributed by atoms with Gasteiger partial charge in [0.25, 0.3) is 6.43 Å². The lowest BCUT2D eigenvalue weighted by atomic mass is 9.95. The van der Waals surface area contributed by atoms with Crippen LogP contribution in [0.15, 0.2) is 0 Å². The van der Waals surface area contributed by atoms with E-state index in [-0.39, 0.29) is 17.9 Å². The highest BCUT2D eigenvalue weighted by Crippen LogP contribution is 2.37. The number of hydrogen-bond acceptors (Lipinski definition) is 3. The maximum Gasteiger partial charge on any atom is 0.434 e. The minimum Gasteiger partial charge on any atom is -0.397 e. The maximum absolute atomic E-state index is 12.8. The van der Waals surface area contributed by atoms with Gasteiger partial charge in [-0.15, -0.1) is 0 Å². The van der Waals surface area contributed by atoms with Crippen molar-refractivity contribution in [2.24, 2.45) is 5.92 Å². The van der Waals surface area contributed by atoms with Gasteiger partial charge in [-0.1, -0.05) is 13.8 Å². The molecule has 0 aliphatic heterocycles. The van der Waals surface area contributed by atoms with Crippen molar-refractivity contribution in [3.63, 3.8) is 0 Å². The van der Waals surface area contributed by atoms with Gasteiger partial charge in [-0.3, -0.25) is 0 Å². The van der Waals surface area contributed by atoms with Crippen molar-refractivity contribution in [3.05, 3.63) is 22.5 Å². The van der Waals surface area contributed by atoms with Crippen LogP contribution in [0.1, 0.15) is 42.8 Å². The van der Waals surface area contributed by atoms with Crippen LogP contribution in [-0.4, -0.2) is 4.98 Å². The summed E-state index contributed by atoms with van der Waals surface area (Å²) >= 11 is 0. The molecule has 0 saturated carbocycles. The Kier molecular flexibility index (Phi) is 4.53. The van der Waals surface area contributed by atoms with Crippen molar-refractivity contribution in [2.45, 2.75) is 32.9 Å². The van der Waals surface area contributed by atoms with Gasteiger partial charge in [0.15, 0.2) is 5.69 Å². The van der Waals surface area contributed by atoms with Gasteiger partial charge in [0.05, 0.1) is 11.3 Å². The molecule has 1 aromatic rings. The molecular weight excluding hydrogens is 281 g/mol. The van der Waals surface area contributed by atoms with Crippen LogP contribution in [0.2, 0.25) is 0 Å². The highest BCUT2D eigenvalue weighted by molar-refractivity contribution is 5.60. The van der Waals surface area contributed by atoms with Crippen LogP contribution < -0.4 is 5.73 Å². The van der Waals surface area contributed by atoms with Gasteiger partial charge in [0.2, 0.25) is 0 Å². The summed E-state index contributed by atoms with van der Waals surface area (Å²) in [5.74, 6) is -0.154. The predicted molar refractivity (Wildman–Crippen MR) is 61.9 cm³/mol. The average molecular weight is 293 g/mol. The van der Waals surface area contributed by atoms with E-state index >= 15 is 0 Å². The Bertz CT molecular complexity index is 543. The lowest BCUT2D eigenvalue weighted by Gasteiger charge is -2.18. The van der Waals surface area contributed by atoms with Crippen molar-refractivity contribution < 1.29 is 22.0 Å². The zero-order valence-corrected chi connectivity index (χ0v) is 10.7. The molecule has 1 rings (SSSR count). The molecule has 0 saturated heterocycles. The molecule has 0 bridgehead atoms. The van der Waals surface area contributed by atoms with E-state index in [1.807, 2.05) is 0 Å². The van der Waals surface area contributed by atoms with Gasteiger partial charge >= 0.3 is 6.18 Å². The molecule has 0 amide bonds.